The van der Waals surface area contributed by atoms with Gasteiger partial charge in [-0.2, -0.15) is 0 Å². The van der Waals surface area contributed by atoms with Crippen molar-refractivity contribution in [3.05, 3.63) is 0 Å². The number of carbonyl (C=O) groups excluding carboxylic acids is 3. The zero-order valence-electron chi connectivity index (χ0n) is 12.7. The van der Waals surface area contributed by atoms with E-state index < -0.39 is 42.2 Å². The second-order valence-corrected chi connectivity index (χ2v) is 4.77. The summed E-state index contributed by atoms with van der Waals surface area (Å²) in [5.74, 6) is -3.55. The van der Waals surface area contributed by atoms with Crippen molar-refractivity contribution >= 4 is 29.7 Å². The van der Waals surface area contributed by atoms with Crippen molar-refractivity contribution in [2.45, 2.75) is 38.3 Å². The Labute approximate surface area is 132 Å². The summed E-state index contributed by atoms with van der Waals surface area (Å²) in [4.78, 5) is 48.8. The lowest BCUT2D eigenvalue weighted by Crippen LogP contribution is -2.52. The first-order valence-electron chi connectivity index (χ1n) is 6.77. The minimum Gasteiger partial charge on any atom is -0.480 e. The summed E-state index contributed by atoms with van der Waals surface area (Å²) in [5, 5.41) is 13.6. The Balaban J connectivity index is 4.71. The maximum Gasteiger partial charge on any atom is 0.326 e. The Morgan fingerprint density at radius 3 is 2.13 bits per heavy atom. The molecule has 0 rings (SSSR count). The summed E-state index contributed by atoms with van der Waals surface area (Å²) in [6.45, 7) is 1.36. The molecule has 3 amide bonds. The molecule has 0 aliphatic carbocycles. The van der Waals surface area contributed by atoms with Gasteiger partial charge in [-0.3, -0.25) is 19.4 Å². The number of rotatable bonds is 10. The van der Waals surface area contributed by atoms with E-state index >= 15 is 0 Å². The fraction of sp³-hybridized carbons (Fsp3) is 0.583. The van der Waals surface area contributed by atoms with Crippen LogP contribution in [0.25, 0.3) is 0 Å². The highest BCUT2D eigenvalue weighted by atomic mass is 16.4. The molecule has 0 heterocycles. The molecule has 0 aromatic rings. The number of nitrogens with zero attached hydrogens (tertiary/aromatic N) is 1. The SMILES string of the molecule is CC(=O)N[C@@H](CC(N)=O)C(=O)N[C@@H](CCCN=C(N)N)C(=O)O. The molecule has 0 spiro atoms. The number of carboxylic acids is 1. The van der Waals surface area contributed by atoms with Crippen LogP contribution in [0.2, 0.25) is 0 Å². The normalized spacial score (nSPS) is 12.6. The van der Waals surface area contributed by atoms with Gasteiger partial charge in [-0.1, -0.05) is 0 Å². The van der Waals surface area contributed by atoms with Gasteiger partial charge in [0.2, 0.25) is 17.7 Å². The van der Waals surface area contributed by atoms with Gasteiger partial charge in [0.05, 0.1) is 6.42 Å². The van der Waals surface area contributed by atoms with Gasteiger partial charge in [-0.25, -0.2) is 4.79 Å². The fourth-order valence-electron chi connectivity index (χ4n) is 1.69. The van der Waals surface area contributed by atoms with Crippen molar-refractivity contribution in [2.75, 3.05) is 6.54 Å². The highest BCUT2D eigenvalue weighted by molar-refractivity contribution is 5.93. The zero-order chi connectivity index (χ0) is 18.0. The van der Waals surface area contributed by atoms with Crippen molar-refractivity contribution in [1.29, 1.82) is 0 Å². The average molecular weight is 330 g/mol. The average Bonchev–Trinajstić information content (AvgIpc) is 2.39. The van der Waals surface area contributed by atoms with Crippen LogP contribution >= 0.6 is 0 Å². The molecule has 23 heavy (non-hydrogen) atoms. The number of primary amides is 1. The molecule has 0 unspecified atom stereocenters. The fourth-order valence-corrected chi connectivity index (χ4v) is 1.69. The molecule has 2 atom stereocenters. The van der Waals surface area contributed by atoms with Gasteiger partial charge in [0.25, 0.3) is 0 Å². The van der Waals surface area contributed by atoms with E-state index in [4.69, 9.17) is 22.3 Å². The van der Waals surface area contributed by atoms with Gasteiger partial charge in [-0.15, -0.1) is 0 Å². The van der Waals surface area contributed by atoms with Crippen molar-refractivity contribution in [1.82, 2.24) is 10.6 Å². The molecular formula is C12H22N6O5. The highest BCUT2D eigenvalue weighted by Crippen LogP contribution is 2.01. The van der Waals surface area contributed by atoms with Gasteiger partial charge in [0, 0.05) is 13.5 Å². The molecule has 0 aliphatic rings. The number of guanidine groups is 1. The number of aliphatic carboxylic acids is 1. The maximum atomic E-state index is 12.0. The molecule has 0 aromatic carbocycles. The van der Waals surface area contributed by atoms with Gasteiger partial charge in [0.15, 0.2) is 5.96 Å². The van der Waals surface area contributed by atoms with Crippen molar-refractivity contribution in [2.24, 2.45) is 22.2 Å². The zero-order valence-corrected chi connectivity index (χ0v) is 12.7. The number of hydrogen-bond acceptors (Lipinski definition) is 5. The van der Waals surface area contributed by atoms with Crippen molar-refractivity contribution in [3.8, 4) is 0 Å². The van der Waals surface area contributed by atoms with Gasteiger partial charge < -0.3 is 32.9 Å². The quantitative estimate of drug-likeness (QED) is 0.139. The summed E-state index contributed by atoms with van der Waals surface area (Å²) >= 11 is 0. The Morgan fingerprint density at radius 1 is 1.09 bits per heavy atom. The predicted octanol–water partition coefficient (Wildman–Crippen LogP) is -3.01. The Kier molecular flexibility index (Phi) is 8.74. The van der Waals surface area contributed by atoms with E-state index in [-0.39, 0.29) is 18.9 Å². The number of carbonyl (C=O) groups is 4. The molecule has 9 N–H and O–H groups in total. The first kappa shape index (κ1) is 20.1. The van der Waals surface area contributed by atoms with Crippen LogP contribution < -0.4 is 27.8 Å². The molecule has 0 radical (unpaired) electrons. The second-order valence-electron chi connectivity index (χ2n) is 4.77. The van der Waals surface area contributed by atoms with Crippen LogP contribution in [0, 0.1) is 0 Å². The third-order valence-corrected chi connectivity index (χ3v) is 2.66. The van der Waals surface area contributed by atoms with Gasteiger partial charge in [0.1, 0.15) is 12.1 Å². The number of aliphatic imine (C=N–C) groups is 1. The van der Waals surface area contributed by atoms with Gasteiger partial charge >= 0.3 is 5.97 Å². The van der Waals surface area contributed by atoms with E-state index in [0.717, 1.165) is 6.92 Å². The third-order valence-electron chi connectivity index (χ3n) is 2.66. The first-order valence-corrected chi connectivity index (χ1v) is 6.77. The minimum atomic E-state index is -1.26. The van der Waals surface area contributed by atoms with Crippen LogP contribution in [0.5, 0.6) is 0 Å². The number of nitrogens with two attached hydrogens (primary N) is 3. The lowest BCUT2D eigenvalue weighted by molar-refractivity contribution is -0.142. The molecule has 11 heteroatoms. The van der Waals surface area contributed by atoms with E-state index in [1.807, 2.05) is 0 Å². The third kappa shape index (κ3) is 9.66. The largest absolute Gasteiger partial charge is 0.480 e. The number of carboxylic acid groups (broad SMARTS) is 1. The molecule has 0 fully saturated rings. The lowest BCUT2D eigenvalue weighted by atomic mass is 10.1. The minimum absolute atomic E-state index is 0.0707. The number of amides is 3. The monoisotopic (exact) mass is 330 g/mol. The Bertz CT molecular complexity index is 472. The number of nitrogens with one attached hydrogen (secondary N) is 2. The van der Waals surface area contributed by atoms with Crippen LogP contribution in [0.1, 0.15) is 26.2 Å². The smallest absolute Gasteiger partial charge is 0.326 e. The second kappa shape index (κ2) is 9.97. The molecule has 0 aromatic heterocycles. The Morgan fingerprint density at radius 2 is 1.70 bits per heavy atom. The van der Waals surface area contributed by atoms with E-state index in [9.17, 15) is 19.2 Å². The topological polar surface area (TPSA) is 203 Å². The molecular weight excluding hydrogens is 308 g/mol. The van der Waals surface area contributed by atoms with Crippen LogP contribution in [-0.2, 0) is 19.2 Å². The first-order chi connectivity index (χ1) is 10.6. The van der Waals surface area contributed by atoms with Crippen LogP contribution in [0.15, 0.2) is 4.99 Å². The summed E-state index contributed by atoms with van der Waals surface area (Å²) in [7, 11) is 0. The molecule has 11 nitrogen and oxygen atoms in total. The summed E-state index contributed by atoms with van der Waals surface area (Å²) in [5.41, 5.74) is 15.3. The molecule has 0 bridgehead atoms. The molecule has 0 saturated heterocycles. The maximum absolute atomic E-state index is 12.0. The summed E-state index contributed by atoms with van der Waals surface area (Å²) in [6, 6.07) is -2.44. The van der Waals surface area contributed by atoms with Crippen molar-refractivity contribution < 1.29 is 24.3 Å². The Hall–Kier alpha value is -2.85. The summed E-state index contributed by atoms with van der Waals surface area (Å²) < 4.78 is 0. The molecule has 0 saturated carbocycles. The van der Waals surface area contributed by atoms with Crippen LogP contribution in [-0.4, -0.2) is 53.4 Å². The summed E-state index contributed by atoms with van der Waals surface area (Å²) in [6.07, 6.45) is -0.0528. The van der Waals surface area contributed by atoms with Crippen LogP contribution in [0.3, 0.4) is 0 Å². The van der Waals surface area contributed by atoms with Gasteiger partial charge in [-0.05, 0) is 12.8 Å². The standard InChI is InChI=1S/C12H22N6O5/c1-6(19)17-8(5-9(13)20)10(21)18-7(11(22)23)3-2-4-16-12(14)15/h7-8H,2-5H2,1H3,(H2,13,20)(H,17,19)(H,18,21)(H,22,23)(H4,14,15,16)/t7-,8-/m0/s1. The van der Waals surface area contributed by atoms with E-state index in [1.54, 1.807) is 0 Å². The van der Waals surface area contributed by atoms with E-state index in [1.165, 1.54) is 0 Å². The predicted molar refractivity (Wildman–Crippen MR) is 80.9 cm³/mol. The van der Waals surface area contributed by atoms with E-state index in [0.29, 0.717) is 6.42 Å². The van der Waals surface area contributed by atoms with Crippen molar-refractivity contribution in [3.63, 3.8) is 0 Å². The van der Waals surface area contributed by atoms with E-state index in [2.05, 4.69) is 15.6 Å². The molecule has 130 valence electrons. The lowest BCUT2D eigenvalue weighted by Gasteiger charge is -2.20. The van der Waals surface area contributed by atoms with Crippen LogP contribution in [0.4, 0.5) is 0 Å². The number of hydrogen-bond donors (Lipinski definition) is 6. The highest BCUT2D eigenvalue weighted by Gasteiger charge is 2.26. The molecule has 0 aliphatic heterocycles.